The van der Waals surface area contributed by atoms with E-state index in [4.69, 9.17) is 0 Å². The van der Waals surface area contributed by atoms with Crippen molar-refractivity contribution in [3.63, 3.8) is 0 Å². The van der Waals surface area contributed by atoms with Crippen LogP contribution in [0.2, 0.25) is 14.8 Å². The van der Waals surface area contributed by atoms with Crippen molar-refractivity contribution in [1.29, 1.82) is 0 Å². The summed E-state index contributed by atoms with van der Waals surface area (Å²) in [6, 6.07) is 6.09. The molecule has 0 saturated carbocycles. The molecule has 0 spiro atoms. The van der Waals surface area contributed by atoms with Gasteiger partial charge in [-0.25, -0.2) is 4.79 Å². The number of nitrogens with one attached hydrogen (secondary N) is 1. The van der Waals surface area contributed by atoms with Crippen LogP contribution < -0.4 is 13.9 Å². The van der Waals surface area contributed by atoms with Gasteiger partial charge in [0, 0.05) is 0 Å². The van der Waals surface area contributed by atoms with Crippen LogP contribution in [-0.2, 0) is 12.6 Å². The van der Waals surface area contributed by atoms with E-state index in [2.05, 4.69) is 26.3 Å². The monoisotopic (exact) mass is 571 g/mol. The number of rotatable bonds is 5. The number of alkyl halides is 3. The second kappa shape index (κ2) is 8.52. The quantitative estimate of drug-likeness (QED) is 0.523. The number of carboxylic acid groups (broad SMARTS) is 1. The number of likely N-dealkylation sites (tertiary alicyclic amines) is 1. The number of carbonyl (C=O) groups is 1. The fourth-order valence-electron chi connectivity index (χ4n) is 4.73. The van der Waals surface area contributed by atoms with Gasteiger partial charge < -0.3 is 5.11 Å². The average Bonchev–Trinajstić information content (AvgIpc) is 3.34. The average molecular weight is 570 g/mol. The molecule has 2 fully saturated rings. The molecule has 0 unspecified atom stereocenters. The Labute approximate surface area is 194 Å². The van der Waals surface area contributed by atoms with Crippen molar-refractivity contribution in [3.8, 4) is 0 Å². The van der Waals surface area contributed by atoms with E-state index >= 15 is 0 Å². The molecule has 7 nitrogen and oxygen atoms in total. The van der Waals surface area contributed by atoms with Crippen LogP contribution in [0.3, 0.4) is 0 Å². The summed E-state index contributed by atoms with van der Waals surface area (Å²) >= 11 is -3.17. The maximum atomic E-state index is 13.5. The Kier molecular flexibility index (Phi) is 6.17. The normalized spacial score (nSPS) is 20.5. The van der Waals surface area contributed by atoms with Crippen molar-refractivity contribution >= 4 is 45.5 Å². The Balaban J connectivity index is 1.58. The summed E-state index contributed by atoms with van der Waals surface area (Å²) in [6.45, 7) is 3.18. The van der Waals surface area contributed by atoms with Crippen LogP contribution in [0.15, 0.2) is 24.4 Å². The number of halogens is 3. The molecule has 2 atom stereocenters. The third kappa shape index (κ3) is 4.71. The second-order valence-corrected chi connectivity index (χ2v) is 23.8. The van der Waals surface area contributed by atoms with Crippen molar-refractivity contribution in [2.45, 2.75) is 52.8 Å². The molecule has 4 rings (SSSR count). The fourth-order valence-corrected chi connectivity index (χ4v) is 8.89. The standard InChI is InChI=1S/C19H19F3N5O2.3CH3.Sn/c1-2-11-5-13(26-9-15-6-14(26)10-27(15)18(28)29)3-4-16(11)25-17-23-7-12(8-24-17)19(20,21)22;;;;/h3-5,7,14-15H,2,6,9-10H2,1H3,(H,28,29)(H,23,24,25);3*1H3;/t14-,15-;;;;/m0..../s1. The Hall–Kier alpha value is -2.24. The van der Waals surface area contributed by atoms with Crippen LogP contribution in [0.4, 0.5) is 35.3 Å². The molecular formula is C22H28F3N5O2Sn. The first kappa shape index (κ1) is 23.9. The van der Waals surface area contributed by atoms with Crippen LogP contribution in [0.5, 0.6) is 0 Å². The number of benzene rings is 1. The zero-order valence-electron chi connectivity index (χ0n) is 19.1. The van der Waals surface area contributed by atoms with E-state index in [0.717, 1.165) is 29.6 Å². The summed E-state index contributed by atoms with van der Waals surface area (Å²) in [5.41, 5.74) is 2.04. The molecule has 2 aromatic rings. The summed E-state index contributed by atoms with van der Waals surface area (Å²) < 4.78 is 40.6. The molecule has 2 bridgehead atoms. The maximum absolute atomic E-state index is 13.5. The molecule has 1 aromatic heterocycles. The first-order chi connectivity index (χ1) is 15.4. The molecule has 178 valence electrons. The summed E-state index contributed by atoms with van der Waals surface area (Å²) in [7, 11) is 0. The minimum absolute atomic E-state index is 0.0121. The van der Waals surface area contributed by atoms with E-state index in [1.54, 1.807) is 0 Å². The summed E-state index contributed by atoms with van der Waals surface area (Å²) in [5, 5.41) is 12.4. The van der Waals surface area contributed by atoms with Crippen molar-refractivity contribution < 1.29 is 23.1 Å². The van der Waals surface area contributed by atoms with Gasteiger partial charge in [-0.3, -0.25) is 0 Å². The number of anilines is 3. The Morgan fingerprint density at radius 3 is 2.52 bits per heavy atom. The molecule has 2 saturated heterocycles. The van der Waals surface area contributed by atoms with Gasteiger partial charge in [-0.05, 0) is 0 Å². The summed E-state index contributed by atoms with van der Waals surface area (Å²) in [5.74, 6) is 0.171. The molecule has 1 amide bonds. The zero-order valence-corrected chi connectivity index (χ0v) is 21.9. The van der Waals surface area contributed by atoms with E-state index in [0.29, 0.717) is 19.5 Å². The van der Waals surface area contributed by atoms with Crippen LogP contribution in [0, 0.1) is 0 Å². The molecule has 33 heavy (non-hydrogen) atoms. The first-order valence-electron chi connectivity index (χ1n) is 11.0. The van der Waals surface area contributed by atoms with Crippen molar-refractivity contribution in [3.05, 3.63) is 35.5 Å². The zero-order chi connectivity index (χ0) is 24.1. The number of amides is 1. The molecule has 2 N–H and O–H groups in total. The number of aromatic nitrogens is 2. The molecule has 2 aliphatic heterocycles. The van der Waals surface area contributed by atoms with Gasteiger partial charge in [0.1, 0.15) is 0 Å². The van der Waals surface area contributed by atoms with Crippen LogP contribution >= 0.6 is 0 Å². The summed E-state index contributed by atoms with van der Waals surface area (Å²) in [6.07, 6.45) is -2.91. The van der Waals surface area contributed by atoms with Crippen LogP contribution in [0.25, 0.3) is 0 Å². The molecule has 2 aliphatic rings. The van der Waals surface area contributed by atoms with Crippen molar-refractivity contribution in [2.24, 2.45) is 0 Å². The van der Waals surface area contributed by atoms with Gasteiger partial charge in [0.25, 0.3) is 0 Å². The van der Waals surface area contributed by atoms with Gasteiger partial charge in [-0.15, -0.1) is 0 Å². The van der Waals surface area contributed by atoms with Gasteiger partial charge >= 0.3 is 185 Å². The molecule has 0 aliphatic carbocycles. The minimum atomic E-state index is -4.47. The molecule has 1 aromatic carbocycles. The van der Waals surface area contributed by atoms with E-state index in [-0.39, 0.29) is 21.7 Å². The number of fused-ring (bicyclic) bond motifs is 2. The number of aryl methyl sites for hydroxylation is 1. The Morgan fingerprint density at radius 1 is 1.24 bits per heavy atom. The predicted molar refractivity (Wildman–Crippen MR) is 123 cm³/mol. The topological polar surface area (TPSA) is 81.6 Å². The van der Waals surface area contributed by atoms with E-state index in [1.165, 1.54) is 4.90 Å². The van der Waals surface area contributed by atoms with Gasteiger partial charge in [0.05, 0.1) is 0 Å². The number of hydrogen-bond donors (Lipinski definition) is 2. The van der Waals surface area contributed by atoms with Crippen LogP contribution in [0.1, 0.15) is 24.5 Å². The molecule has 11 heteroatoms. The van der Waals surface area contributed by atoms with Crippen LogP contribution in [-0.4, -0.2) is 69.6 Å². The van der Waals surface area contributed by atoms with E-state index in [1.807, 2.05) is 33.9 Å². The first-order valence-corrected chi connectivity index (χ1v) is 21.0. The fraction of sp³-hybridized carbons (Fsp3) is 0.500. The number of nitrogens with zero attached hydrogens (tertiary/aromatic N) is 4. The predicted octanol–water partition coefficient (Wildman–Crippen LogP) is 4.29. The summed E-state index contributed by atoms with van der Waals surface area (Å²) in [4.78, 5) is 29.1. The van der Waals surface area contributed by atoms with Crippen molar-refractivity contribution in [2.75, 3.05) is 23.3 Å². The van der Waals surface area contributed by atoms with Gasteiger partial charge in [0.15, 0.2) is 0 Å². The Bertz CT molecular complexity index is 1070. The van der Waals surface area contributed by atoms with Crippen molar-refractivity contribution in [1.82, 2.24) is 14.9 Å². The third-order valence-electron chi connectivity index (χ3n) is 6.34. The van der Waals surface area contributed by atoms with Gasteiger partial charge in [-0.1, -0.05) is 0 Å². The molecule has 0 radical (unpaired) electrons. The van der Waals surface area contributed by atoms with Gasteiger partial charge in [-0.2, -0.15) is 0 Å². The molecular weight excluding hydrogens is 542 g/mol. The molecule has 3 heterocycles. The number of hydrogen-bond acceptors (Lipinski definition) is 5. The third-order valence-corrected chi connectivity index (χ3v) is 11.5. The Morgan fingerprint density at radius 2 is 1.97 bits per heavy atom. The van der Waals surface area contributed by atoms with Gasteiger partial charge in [0.2, 0.25) is 0 Å². The van der Waals surface area contributed by atoms with E-state index < -0.39 is 36.2 Å². The SMILES string of the molecule is CCc1cc(N2C[C@@H]3C[C@H]2CN3C(=O)O)ccc1Nc1ncc(C(F)(F)F)[c]([Sn]([CH3])([CH3])[CH3])n1. The number of piperazine rings is 1. The van der Waals surface area contributed by atoms with E-state index in [9.17, 15) is 23.1 Å². The second-order valence-electron chi connectivity index (χ2n) is 9.65.